The summed E-state index contributed by atoms with van der Waals surface area (Å²) >= 11 is 0. The molecule has 0 aromatic rings. The van der Waals surface area contributed by atoms with Crippen LogP contribution < -0.4 is 0 Å². The molecule has 4 atom stereocenters. The van der Waals surface area contributed by atoms with Gasteiger partial charge in [-0.25, -0.2) is 8.78 Å². The maximum absolute atomic E-state index is 14.2. The second-order valence-corrected chi connectivity index (χ2v) is 7.86. The highest BCUT2D eigenvalue weighted by atomic mass is 19.2. The monoisotopic (exact) mass is 300 g/mol. The van der Waals surface area contributed by atoms with Gasteiger partial charge < -0.3 is 5.11 Å². The molecule has 0 amide bonds. The number of alkyl halides is 2. The van der Waals surface area contributed by atoms with Crippen molar-refractivity contribution in [3.63, 3.8) is 0 Å². The minimum absolute atomic E-state index is 0.143. The highest BCUT2D eigenvalue weighted by Gasteiger charge is 2.43. The Morgan fingerprint density at radius 3 is 2.00 bits per heavy atom. The Balaban J connectivity index is 1.46. The van der Waals surface area contributed by atoms with Crippen LogP contribution in [0.1, 0.15) is 70.6 Å². The smallest absolute Gasteiger partial charge is 0.157 e. The van der Waals surface area contributed by atoms with E-state index in [0.29, 0.717) is 18.8 Å². The molecule has 1 N–H and O–H groups in total. The van der Waals surface area contributed by atoms with Crippen LogP contribution in [0.4, 0.5) is 8.78 Å². The topological polar surface area (TPSA) is 20.2 Å². The first-order valence-corrected chi connectivity index (χ1v) is 9.11. The summed E-state index contributed by atoms with van der Waals surface area (Å²) in [5.41, 5.74) is 0. The summed E-state index contributed by atoms with van der Waals surface area (Å²) in [7, 11) is 0. The lowest BCUT2D eigenvalue weighted by molar-refractivity contribution is -0.0550. The Bertz CT molecular complexity index is 321. The Morgan fingerprint density at radius 1 is 0.714 bits per heavy atom. The molecule has 0 heterocycles. The van der Waals surface area contributed by atoms with Gasteiger partial charge in [-0.2, -0.15) is 0 Å². The first kappa shape index (κ1) is 15.7. The van der Waals surface area contributed by atoms with Crippen LogP contribution in [0.5, 0.6) is 0 Å². The Morgan fingerprint density at radius 2 is 1.33 bits per heavy atom. The average Bonchev–Trinajstić information content (AvgIpc) is 2.99. The highest BCUT2D eigenvalue weighted by Crippen LogP contribution is 2.44. The minimum atomic E-state index is -1.65. The molecule has 0 aromatic carbocycles. The van der Waals surface area contributed by atoms with Gasteiger partial charge in [0.05, 0.1) is 6.10 Å². The lowest BCUT2D eigenvalue weighted by Crippen LogP contribution is -2.44. The van der Waals surface area contributed by atoms with E-state index >= 15 is 0 Å². The fourth-order valence-electron chi connectivity index (χ4n) is 5.20. The summed E-state index contributed by atoms with van der Waals surface area (Å²) in [5, 5.41) is 9.45. The Hall–Kier alpha value is -0.180. The molecule has 0 saturated heterocycles. The largest absolute Gasteiger partial charge is 0.390 e. The predicted molar refractivity (Wildman–Crippen MR) is 80.5 cm³/mol. The van der Waals surface area contributed by atoms with Crippen molar-refractivity contribution in [3.05, 3.63) is 0 Å². The van der Waals surface area contributed by atoms with Gasteiger partial charge in [-0.3, -0.25) is 0 Å². The van der Waals surface area contributed by atoms with Gasteiger partial charge in [-0.1, -0.05) is 38.5 Å². The molecule has 1 nitrogen and oxygen atoms in total. The van der Waals surface area contributed by atoms with Crippen molar-refractivity contribution in [2.24, 2.45) is 23.7 Å². The average molecular weight is 300 g/mol. The molecular weight excluding hydrogens is 270 g/mol. The van der Waals surface area contributed by atoms with Crippen LogP contribution in [0.3, 0.4) is 0 Å². The highest BCUT2D eigenvalue weighted by molar-refractivity contribution is 4.92. The predicted octanol–water partition coefficient (Wildman–Crippen LogP) is 4.82. The summed E-state index contributed by atoms with van der Waals surface area (Å²) in [6, 6.07) is 0. The SMILES string of the molecule is OC1CCC(C2CCC(CC3CCCC3)CC2)C(F)C1F. The van der Waals surface area contributed by atoms with Gasteiger partial charge in [-0.05, 0) is 55.8 Å². The van der Waals surface area contributed by atoms with Crippen molar-refractivity contribution in [2.45, 2.75) is 89.1 Å². The standard InChI is InChI=1S/C18H30F2O/c19-17-15(9-10-16(21)18(17)20)14-7-5-13(6-8-14)11-12-3-1-2-4-12/h12-18,21H,1-11H2. The van der Waals surface area contributed by atoms with Crippen LogP contribution in [-0.2, 0) is 0 Å². The van der Waals surface area contributed by atoms with Crippen molar-refractivity contribution in [1.29, 1.82) is 0 Å². The van der Waals surface area contributed by atoms with Gasteiger partial charge in [0.25, 0.3) is 0 Å². The molecule has 21 heavy (non-hydrogen) atoms. The molecule has 0 radical (unpaired) electrons. The molecular formula is C18H30F2O. The van der Waals surface area contributed by atoms with Gasteiger partial charge >= 0.3 is 0 Å². The summed E-state index contributed by atoms with van der Waals surface area (Å²) < 4.78 is 27.9. The molecule has 0 aliphatic heterocycles. The summed E-state index contributed by atoms with van der Waals surface area (Å²) in [6.45, 7) is 0. The maximum Gasteiger partial charge on any atom is 0.157 e. The summed E-state index contributed by atoms with van der Waals surface area (Å²) in [4.78, 5) is 0. The molecule has 3 saturated carbocycles. The van der Waals surface area contributed by atoms with Crippen LogP contribution in [0.25, 0.3) is 0 Å². The van der Waals surface area contributed by atoms with Crippen molar-refractivity contribution in [3.8, 4) is 0 Å². The molecule has 4 unspecified atom stereocenters. The van der Waals surface area contributed by atoms with Crippen molar-refractivity contribution >= 4 is 0 Å². The van der Waals surface area contributed by atoms with E-state index in [0.717, 1.165) is 24.7 Å². The lowest BCUT2D eigenvalue weighted by atomic mass is 9.68. The third kappa shape index (κ3) is 3.60. The van der Waals surface area contributed by atoms with Crippen molar-refractivity contribution in [1.82, 2.24) is 0 Å². The summed E-state index contributed by atoms with van der Waals surface area (Å²) in [5.74, 6) is 1.99. The van der Waals surface area contributed by atoms with Crippen molar-refractivity contribution in [2.75, 3.05) is 0 Å². The molecule has 3 rings (SSSR count). The van der Waals surface area contributed by atoms with Crippen LogP contribution >= 0.6 is 0 Å². The van der Waals surface area contributed by atoms with Gasteiger partial charge in [0.15, 0.2) is 6.17 Å². The molecule has 3 fully saturated rings. The molecule has 3 heteroatoms. The van der Waals surface area contributed by atoms with E-state index in [9.17, 15) is 13.9 Å². The van der Waals surface area contributed by atoms with Crippen molar-refractivity contribution < 1.29 is 13.9 Å². The van der Waals surface area contributed by atoms with Crippen LogP contribution in [0.2, 0.25) is 0 Å². The first-order valence-electron chi connectivity index (χ1n) is 9.11. The normalized spacial score (nSPS) is 45.9. The number of hydrogen-bond donors (Lipinski definition) is 1. The van der Waals surface area contributed by atoms with E-state index in [4.69, 9.17) is 0 Å². The molecule has 122 valence electrons. The fourth-order valence-corrected chi connectivity index (χ4v) is 5.20. The Kier molecular flexibility index (Phi) is 5.19. The fraction of sp³-hybridized carbons (Fsp3) is 1.00. The quantitative estimate of drug-likeness (QED) is 0.792. The van der Waals surface area contributed by atoms with Gasteiger partial charge in [0, 0.05) is 0 Å². The second kappa shape index (κ2) is 6.93. The van der Waals surface area contributed by atoms with Gasteiger partial charge in [0.2, 0.25) is 0 Å². The van der Waals surface area contributed by atoms with Crippen LogP contribution in [0.15, 0.2) is 0 Å². The zero-order valence-electron chi connectivity index (χ0n) is 13.0. The zero-order chi connectivity index (χ0) is 14.8. The minimum Gasteiger partial charge on any atom is -0.390 e. The molecule has 0 aromatic heterocycles. The molecule has 0 spiro atoms. The Labute approximate surface area is 127 Å². The zero-order valence-corrected chi connectivity index (χ0v) is 13.0. The second-order valence-electron chi connectivity index (χ2n) is 7.86. The molecule has 0 bridgehead atoms. The number of hydrogen-bond acceptors (Lipinski definition) is 1. The first-order chi connectivity index (χ1) is 10.1. The van der Waals surface area contributed by atoms with E-state index in [1.165, 1.54) is 44.9 Å². The summed E-state index contributed by atoms with van der Waals surface area (Å²) in [6.07, 6.45) is 8.53. The van der Waals surface area contributed by atoms with Crippen LogP contribution in [0, 0.1) is 23.7 Å². The van der Waals surface area contributed by atoms with E-state index < -0.39 is 18.4 Å². The maximum atomic E-state index is 14.2. The van der Waals surface area contributed by atoms with E-state index in [1.54, 1.807) is 0 Å². The van der Waals surface area contributed by atoms with E-state index in [2.05, 4.69) is 0 Å². The number of rotatable bonds is 3. The molecule has 3 aliphatic carbocycles. The van der Waals surface area contributed by atoms with Crippen LogP contribution in [-0.4, -0.2) is 23.6 Å². The van der Waals surface area contributed by atoms with E-state index in [-0.39, 0.29) is 5.92 Å². The third-order valence-corrected chi connectivity index (χ3v) is 6.51. The van der Waals surface area contributed by atoms with E-state index in [1.807, 2.05) is 0 Å². The number of aliphatic hydroxyl groups excluding tert-OH is 1. The van der Waals surface area contributed by atoms with Gasteiger partial charge in [-0.15, -0.1) is 0 Å². The van der Waals surface area contributed by atoms with Gasteiger partial charge in [0.1, 0.15) is 6.17 Å². The molecule has 3 aliphatic rings. The number of halogens is 2. The number of aliphatic hydroxyl groups is 1. The third-order valence-electron chi connectivity index (χ3n) is 6.51. The lowest BCUT2D eigenvalue weighted by Gasteiger charge is -2.40.